The second-order valence-corrected chi connectivity index (χ2v) is 21.3. The first-order chi connectivity index (χ1) is 37.8. The molecule has 0 aromatic heterocycles. The summed E-state index contributed by atoms with van der Waals surface area (Å²) in [6.07, 6.45) is -1.07. The van der Waals surface area contributed by atoms with E-state index in [0.29, 0.717) is 6.42 Å². The van der Waals surface area contributed by atoms with Crippen molar-refractivity contribution in [1.29, 1.82) is 0 Å². The van der Waals surface area contributed by atoms with Gasteiger partial charge in [0.05, 0.1) is 36.9 Å². The lowest BCUT2D eigenvalue weighted by Crippen LogP contribution is -2.61. The summed E-state index contributed by atoms with van der Waals surface area (Å²) >= 11 is 0. The molecule has 13 atom stereocenters. The molecule has 8 amide bonds. The Bertz CT molecular complexity index is 2010. The van der Waals surface area contributed by atoms with Crippen LogP contribution in [0.4, 0.5) is 0 Å². The molecule has 80 heavy (non-hydrogen) atoms. The fraction of sp³-hybridized carbons (Fsp3) is 0.792. The molecule has 27 nitrogen and oxygen atoms in total. The number of ketones is 3. The fourth-order valence-corrected chi connectivity index (χ4v) is 9.10. The van der Waals surface area contributed by atoms with Crippen LogP contribution in [0.25, 0.3) is 0 Å². The molecular formula is C53H96N12O15. The van der Waals surface area contributed by atoms with Crippen LogP contribution in [0.5, 0.6) is 0 Å². The van der Waals surface area contributed by atoms with Crippen LogP contribution in [-0.4, -0.2) is 185 Å². The van der Waals surface area contributed by atoms with Crippen LogP contribution in [0, 0.1) is 23.7 Å². The summed E-state index contributed by atoms with van der Waals surface area (Å²) < 4.78 is 0. The predicted octanol–water partition coefficient (Wildman–Crippen LogP) is -4.05. The molecule has 27 heteroatoms. The van der Waals surface area contributed by atoms with E-state index in [0.717, 1.165) is 32.1 Å². The van der Waals surface area contributed by atoms with Gasteiger partial charge in [-0.2, -0.15) is 0 Å². The standard InChI is InChI=1S/C53H96N12O15/c1-7-8-9-10-11-12-13-36(70)25-33(14-19-54)46(73)63-43(30(4)67)42(72)27-35(28-66)48(75)60-40-18-23-58-52(79)44(31(5)68)65-51(78)39(17-22-57)61-49(76)38(16-21-56)62-53(80)45(32(6)69)64-47(74)34(24-29(2)3)26-41(71)37(15-20-55)59-50(40)77/h29-35,37-40,43-45,66-69H,7-28,54-57H2,1-6H3,(H,58,79)(H,59,77)(H,60,75)(H,61,76)(H,62,80)(H,63,73)(H,64,74)(H,65,78)/t30-,31-,32-,33-,34+,35-,37+,38+,39+,40+,43+,44+,45+/m1/s1. The topological polar surface area (TPSA) is 469 Å². The Morgan fingerprint density at radius 2 is 1.14 bits per heavy atom. The van der Waals surface area contributed by atoms with Crippen molar-refractivity contribution in [3.63, 3.8) is 0 Å². The number of nitrogens with one attached hydrogen (secondary N) is 8. The van der Waals surface area contributed by atoms with Gasteiger partial charge in [0.15, 0.2) is 11.6 Å². The number of hydrogen-bond donors (Lipinski definition) is 16. The van der Waals surface area contributed by atoms with E-state index in [9.17, 15) is 73.2 Å². The maximum atomic E-state index is 14.3. The number of aliphatic hydroxyl groups is 4. The van der Waals surface area contributed by atoms with Crippen molar-refractivity contribution in [3.8, 4) is 0 Å². The molecule has 0 spiro atoms. The van der Waals surface area contributed by atoms with E-state index < -0.39 is 170 Å². The van der Waals surface area contributed by atoms with E-state index in [1.54, 1.807) is 13.8 Å². The van der Waals surface area contributed by atoms with Gasteiger partial charge in [0, 0.05) is 44.1 Å². The summed E-state index contributed by atoms with van der Waals surface area (Å²) in [6.45, 7) is 7.29. The second kappa shape index (κ2) is 39.0. The molecule has 0 bridgehead atoms. The average molecular weight is 1140 g/mol. The monoisotopic (exact) mass is 1140 g/mol. The van der Waals surface area contributed by atoms with Gasteiger partial charge in [-0.3, -0.25) is 52.7 Å². The Balaban J connectivity index is 3.73. The number of rotatable bonds is 30. The van der Waals surface area contributed by atoms with Crippen LogP contribution < -0.4 is 65.5 Å². The molecule has 0 saturated carbocycles. The number of unbranched alkanes of at least 4 members (excludes halogenated alkanes) is 5. The number of carbonyl (C=O) groups is 11. The van der Waals surface area contributed by atoms with Crippen LogP contribution in [0.1, 0.15) is 144 Å². The largest absolute Gasteiger partial charge is 0.396 e. The Morgan fingerprint density at radius 3 is 1.68 bits per heavy atom. The summed E-state index contributed by atoms with van der Waals surface area (Å²) in [5.41, 5.74) is 23.2. The van der Waals surface area contributed by atoms with Crippen LogP contribution in [0.2, 0.25) is 0 Å². The zero-order valence-corrected chi connectivity index (χ0v) is 47.7. The van der Waals surface area contributed by atoms with Crippen molar-refractivity contribution in [3.05, 3.63) is 0 Å². The van der Waals surface area contributed by atoms with Crippen molar-refractivity contribution in [2.24, 2.45) is 46.6 Å². The van der Waals surface area contributed by atoms with Gasteiger partial charge in [-0.25, -0.2) is 0 Å². The minimum absolute atomic E-state index is 0.0368. The molecule has 0 unspecified atom stereocenters. The first kappa shape index (κ1) is 72.5. The van der Waals surface area contributed by atoms with Crippen molar-refractivity contribution in [1.82, 2.24) is 42.5 Å². The molecule has 1 fully saturated rings. The Kier molecular flexibility index (Phi) is 35.3. The Hall–Kier alpha value is -5.55. The Labute approximate surface area is 469 Å². The van der Waals surface area contributed by atoms with Gasteiger partial charge in [-0.05, 0) is 97.8 Å². The third kappa shape index (κ3) is 26.4. The fourth-order valence-electron chi connectivity index (χ4n) is 9.10. The number of hydrogen-bond acceptors (Lipinski definition) is 19. The van der Waals surface area contributed by atoms with Crippen LogP contribution >= 0.6 is 0 Å². The highest BCUT2D eigenvalue weighted by Crippen LogP contribution is 2.20. The molecule has 1 saturated heterocycles. The van der Waals surface area contributed by atoms with Crippen LogP contribution in [0.15, 0.2) is 0 Å². The number of Topliss-reactive ketones (excluding diaryl/α,β-unsaturated/α-hetero) is 3. The Morgan fingerprint density at radius 1 is 0.613 bits per heavy atom. The number of nitrogens with two attached hydrogens (primary N) is 4. The summed E-state index contributed by atoms with van der Waals surface area (Å²) in [6, 6.07) is -11.0. The second-order valence-electron chi connectivity index (χ2n) is 21.3. The van der Waals surface area contributed by atoms with Crippen molar-refractivity contribution >= 4 is 64.6 Å². The number of aliphatic hydroxyl groups excluding tert-OH is 4. The highest BCUT2D eigenvalue weighted by Gasteiger charge is 2.38. The average Bonchev–Trinajstić information content (AvgIpc) is 3.38. The minimum atomic E-state index is -1.70. The molecule has 458 valence electrons. The number of amides is 8. The maximum Gasteiger partial charge on any atom is 0.245 e. The quantitative estimate of drug-likeness (QED) is 0.0304. The van der Waals surface area contributed by atoms with Gasteiger partial charge >= 0.3 is 0 Å². The molecule has 1 aliphatic heterocycles. The van der Waals surface area contributed by atoms with Crippen LogP contribution in [-0.2, 0) is 52.7 Å². The SMILES string of the molecule is CCCCCCCCC(=O)C[C@@H](CCN)C(=O)N[C@H](C(=O)C[C@H](CO)C(=O)N[C@H]1CCNC(=O)[C@H]([C@@H](C)O)NC(=O)[C@H](CCN)NC(=O)[C@H](CCN)NC(=O)[C@H]([C@@H](C)O)NC(=O)[C@@H](CC(C)C)CC(=O)[C@H](CCN)NC1=O)[C@@H](C)O. The molecule has 1 rings (SSSR count). The minimum Gasteiger partial charge on any atom is -0.396 e. The first-order valence-corrected chi connectivity index (χ1v) is 28.2. The molecule has 0 aromatic rings. The zero-order valence-electron chi connectivity index (χ0n) is 47.7. The van der Waals surface area contributed by atoms with Crippen molar-refractivity contribution < 1.29 is 73.2 Å². The van der Waals surface area contributed by atoms with Crippen molar-refractivity contribution in [2.75, 3.05) is 39.3 Å². The third-order valence-corrected chi connectivity index (χ3v) is 13.7. The summed E-state index contributed by atoms with van der Waals surface area (Å²) in [5.74, 6) is -13.3. The van der Waals surface area contributed by atoms with E-state index in [-0.39, 0.29) is 82.8 Å². The van der Waals surface area contributed by atoms with E-state index in [4.69, 9.17) is 22.9 Å². The molecule has 1 aliphatic rings. The normalized spacial score (nSPS) is 23.8. The maximum absolute atomic E-state index is 14.3. The lowest BCUT2D eigenvalue weighted by molar-refractivity contribution is -0.138. The summed E-state index contributed by atoms with van der Waals surface area (Å²) in [7, 11) is 0. The molecule has 1 heterocycles. The highest BCUT2D eigenvalue weighted by atomic mass is 16.3. The van der Waals surface area contributed by atoms with E-state index in [1.807, 2.05) is 0 Å². The van der Waals surface area contributed by atoms with E-state index in [1.165, 1.54) is 20.8 Å². The highest BCUT2D eigenvalue weighted by molar-refractivity contribution is 5.99. The number of carbonyl (C=O) groups excluding carboxylic acids is 11. The molecule has 0 aromatic carbocycles. The van der Waals surface area contributed by atoms with E-state index in [2.05, 4.69) is 49.5 Å². The molecular weight excluding hydrogens is 1040 g/mol. The third-order valence-electron chi connectivity index (χ3n) is 13.7. The molecule has 0 aliphatic carbocycles. The lowest BCUT2D eigenvalue weighted by Gasteiger charge is -2.28. The summed E-state index contributed by atoms with van der Waals surface area (Å²) in [5, 5.41) is 62.3. The van der Waals surface area contributed by atoms with Gasteiger partial charge in [-0.15, -0.1) is 0 Å². The van der Waals surface area contributed by atoms with Crippen molar-refractivity contribution in [2.45, 2.75) is 205 Å². The molecule has 20 N–H and O–H groups in total. The first-order valence-electron chi connectivity index (χ1n) is 28.2. The predicted molar refractivity (Wildman–Crippen MR) is 295 cm³/mol. The van der Waals surface area contributed by atoms with E-state index >= 15 is 0 Å². The lowest BCUT2D eigenvalue weighted by atomic mass is 9.88. The van der Waals surface area contributed by atoms with Gasteiger partial charge in [-0.1, -0.05) is 52.9 Å². The van der Waals surface area contributed by atoms with Gasteiger partial charge < -0.3 is 85.9 Å². The summed E-state index contributed by atoms with van der Waals surface area (Å²) in [4.78, 5) is 152. The smallest absolute Gasteiger partial charge is 0.245 e. The van der Waals surface area contributed by atoms with Gasteiger partial charge in [0.25, 0.3) is 0 Å². The van der Waals surface area contributed by atoms with Gasteiger partial charge in [0.1, 0.15) is 42.0 Å². The molecule has 0 radical (unpaired) electrons. The van der Waals surface area contributed by atoms with Gasteiger partial charge in [0.2, 0.25) is 47.3 Å². The van der Waals surface area contributed by atoms with Crippen LogP contribution in [0.3, 0.4) is 0 Å². The zero-order chi connectivity index (χ0) is 60.6.